The first kappa shape index (κ1) is 34.5. The number of anilines is 6. The number of hydrogen-bond donors (Lipinski definition) is 0. The van der Waals surface area contributed by atoms with Crippen LogP contribution in [-0.2, 0) is 12.8 Å². The molecule has 9 heterocycles. The van der Waals surface area contributed by atoms with Crippen molar-refractivity contribution in [1.29, 1.82) is 0 Å². The normalized spacial score (nSPS) is 17.3. The number of nitrogens with zero attached hydrogens (tertiary/aromatic N) is 3. The molecule has 15 rings (SSSR count). The summed E-state index contributed by atoms with van der Waals surface area (Å²) in [6.45, 7) is -0.296. The lowest BCUT2D eigenvalue weighted by atomic mass is 9.34. The zero-order chi connectivity index (χ0) is 41.6. The van der Waals surface area contributed by atoms with E-state index in [0.717, 1.165) is 96.0 Å². The van der Waals surface area contributed by atoms with Crippen molar-refractivity contribution in [3.8, 4) is 11.5 Å². The SMILES string of the molecule is c1ccc2c(c1)CC(C(C1Cc3ccccc3O1)[n+]1cc3c4c(c1)N(c1cc5ccccc5o1)c1oc5ccccc5c1B4c1c(oc4ccccc14)N3c1cc3ccccc3o1)O2. The van der Waals surface area contributed by atoms with E-state index >= 15 is 0 Å². The first-order valence-electron chi connectivity index (χ1n) is 21.9. The van der Waals surface area contributed by atoms with Gasteiger partial charge in [0.1, 0.15) is 45.2 Å². The Labute approximate surface area is 365 Å². The van der Waals surface area contributed by atoms with Crippen LogP contribution >= 0.6 is 0 Å². The number of rotatable bonds is 5. The van der Waals surface area contributed by atoms with Crippen molar-refractivity contribution >= 4 is 102 Å². The standard InChI is InChI=1S/C54H35BN3O6/c1-7-19-39-31(13-1)25-45(59-39)52(46-26-32-14-2-8-20-40(32)60-46)56-29-37-51-38(30-56)58(48-28-34-16-4-10-22-42(34)62-48)54-50(36-18-6-12-24-44(36)64-54)55(51)49-35-17-5-11-23-43(35)63-53(49)57(37)47-27-33-15-3-9-21-41(33)61-47/h1-24,27-30,45-46,52H,25-26H2/q+1. The van der Waals surface area contributed by atoms with Gasteiger partial charge in [-0.1, -0.05) is 109 Å². The maximum absolute atomic E-state index is 7.09. The van der Waals surface area contributed by atoms with Crippen LogP contribution in [0.3, 0.4) is 0 Å². The highest BCUT2D eigenvalue weighted by Gasteiger charge is 2.53. The van der Waals surface area contributed by atoms with Crippen LogP contribution in [0.25, 0.3) is 43.9 Å². The molecule has 0 bridgehead atoms. The lowest BCUT2D eigenvalue weighted by molar-refractivity contribution is -0.734. The Morgan fingerprint density at radius 1 is 0.469 bits per heavy atom. The van der Waals surface area contributed by atoms with Crippen LogP contribution in [0.5, 0.6) is 11.5 Å². The van der Waals surface area contributed by atoms with Gasteiger partial charge in [0.25, 0.3) is 6.71 Å². The molecule has 0 spiro atoms. The van der Waals surface area contributed by atoms with Gasteiger partial charge in [-0.05, 0) is 53.0 Å². The first-order valence-corrected chi connectivity index (χ1v) is 21.9. The maximum Gasteiger partial charge on any atom is 0.263 e. The summed E-state index contributed by atoms with van der Waals surface area (Å²) in [4.78, 5) is 4.35. The van der Waals surface area contributed by atoms with Gasteiger partial charge in [-0.25, -0.2) is 9.80 Å². The summed E-state index contributed by atoms with van der Waals surface area (Å²) in [5.41, 5.74) is 10.5. The Bertz CT molecular complexity index is 3380. The van der Waals surface area contributed by atoms with Gasteiger partial charge in [-0.2, -0.15) is 4.57 Å². The van der Waals surface area contributed by atoms with E-state index in [4.69, 9.17) is 27.1 Å². The molecule has 0 aliphatic carbocycles. The first-order chi connectivity index (χ1) is 31.7. The minimum Gasteiger partial charge on any atom is -0.483 e. The fraction of sp³-hybridized carbons (Fsp3) is 0.0926. The fourth-order valence-electron chi connectivity index (χ4n) is 11.1. The Morgan fingerprint density at radius 2 is 0.906 bits per heavy atom. The molecule has 0 saturated heterocycles. The van der Waals surface area contributed by atoms with E-state index in [1.165, 1.54) is 11.1 Å². The summed E-state index contributed by atoms with van der Waals surface area (Å²) in [5.74, 6) is 4.48. The molecule has 9 nitrogen and oxygen atoms in total. The van der Waals surface area contributed by atoms with Crippen molar-refractivity contribution in [3.05, 3.63) is 181 Å². The second-order valence-electron chi connectivity index (χ2n) is 17.3. The zero-order valence-electron chi connectivity index (χ0n) is 34.2. The minimum absolute atomic E-state index is 0.252. The average molecular weight is 833 g/mol. The molecular formula is C54H35BN3O6+. The predicted octanol–water partition coefficient (Wildman–Crippen LogP) is 10.6. The summed E-state index contributed by atoms with van der Waals surface area (Å²) < 4.78 is 44.2. The largest absolute Gasteiger partial charge is 0.483 e. The number of fused-ring (bicyclic) bond motifs is 12. The van der Waals surface area contributed by atoms with Gasteiger partial charge < -0.3 is 27.1 Å². The highest BCUT2D eigenvalue weighted by atomic mass is 16.5. The minimum atomic E-state index is -0.296. The van der Waals surface area contributed by atoms with E-state index in [0.29, 0.717) is 23.5 Å². The van der Waals surface area contributed by atoms with E-state index in [-0.39, 0.29) is 25.0 Å². The summed E-state index contributed by atoms with van der Waals surface area (Å²) in [5, 5.41) is 4.04. The van der Waals surface area contributed by atoms with Gasteiger partial charge in [0, 0.05) is 57.4 Å². The topological polar surface area (TPSA) is 81.4 Å². The molecule has 11 aromatic rings. The van der Waals surface area contributed by atoms with Crippen molar-refractivity contribution in [1.82, 2.24) is 0 Å². The lowest BCUT2D eigenvalue weighted by Crippen LogP contribution is -2.63. The van der Waals surface area contributed by atoms with Crippen LogP contribution in [0.15, 0.2) is 188 Å². The Hall–Kier alpha value is -8.11. The van der Waals surface area contributed by atoms with Gasteiger partial charge in [0.15, 0.2) is 24.6 Å². The number of ether oxygens (including phenoxy) is 2. The number of benzene rings is 6. The molecule has 6 aromatic carbocycles. The van der Waals surface area contributed by atoms with Gasteiger partial charge in [-0.15, -0.1) is 0 Å². The monoisotopic (exact) mass is 832 g/mol. The number of furan rings is 4. The third-order valence-electron chi connectivity index (χ3n) is 13.8. The van der Waals surface area contributed by atoms with E-state index in [1.54, 1.807) is 0 Å². The smallest absolute Gasteiger partial charge is 0.263 e. The molecule has 4 aliphatic heterocycles. The Morgan fingerprint density at radius 3 is 1.39 bits per heavy atom. The van der Waals surface area contributed by atoms with Crippen LogP contribution in [0.4, 0.5) is 34.9 Å². The summed E-state index contributed by atoms with van der Waals surface area (Å²) in [6.07, 6.45) is 5.48. The summed E-state index contributed by atoms with van der Waals surface area (Å²) in [6, 6.07) is 53.6. The zero-order valence-corrected chi connectivity index (χ0v) is 34.2. The summed E-state index contributed by atoms with van der Waals surface area (Å²) >= 11 is 0. The molecule has 2 atom stereocenters. The number of pyridine rings is 1. The van der Waals surface area contributed by atoms with E-state index in [9.17, 15) is 0 Å². The molecule has 304 valence electrons. The molecule has 0 fully saturated rings. The van der Waals surface area contributed by atoms with Crippen molar-refractivity contribution in [3.63, 3.8) is 0 Å². The fourth-order valence-corrected chi connectivity index (χ4v) is 11.1. The third-order valence-corrected chi connectivity index (χ3v) is 13.8. The van der Waals surface area contributed by atoms with Crippen LogP contribution in [0.2, 0.25) is 0 Å². The van der Waals surface area contributed by atoms with Crippen LogP contribution < -0.4 is 40.2 Å². The van der Waals surface area contributed by atoms with Crippen molar-refractivity contribution in [2.24, 2.45) is 0 Å². The van der Waals surface area contributed by atoms with E-state index in [1.807, 2.05) is 72.8 Å². The van der Waals surface area contributed by atoms with Gasteiger partial charge in [0.05, 0.1) is 0 Å². The van der Waals surface area contributed by atoms with Crippen molar-refractivity contribution < 1.29 is 31.7 Å². The highest BCUT2D eigenvalue weighted by molar-refractivity contribution is 7.02. The van der Waals surface area contributed by atoms with Crippen LogP contribution in [-0.4, -0.2) is 18.9 Å². The molecule has 0 radical (unpaired) electrons. The third kappa shape index (κ3) is 4.76. The predicted molar refractivity (Wildman–Crippen MR) is 248 cm³/mol. The van der Waals surface area contributed by atoms with Crippen LogP contribution in [0.1, 0.15) is 17.2 Å². The highest BCUT2D eigenvalue weighted by Crippen LogP contribution is 2.49. The van der Waals surface area contributed by atoms with Crippen molar-refractivity contribution in [2.75, 3.05) is 9.80 Å². The molecule has 0 N–H and O–H groups in total. The number of hydrogen-bond acceptors (Lipinski definition) is 8. The molecule has 64 heavy (non-hydrogen) atoms. The van der Waals surface area contributed by atoms with Crippen LogP contribution in [0, 0.1) is 0 Å². The molecule has 2 unspecified atom stereocenters. The molecule has 5 aromatic heterocycles. The molecule has 10 heteroatoms. The lowest BCUT2D eigenvalue weighted by Gasteiger charge is -2.38. The Kier molecular flexibility index (Phi) is 6.86. The Balaban J connectivity index is 1.06. The molecule has 4 aliphatic rings. The summed E-state index contributed by atoms with van der Waals surface area (Å²) in [7, 11) is 0. The van der Waals surface area contributed by atoms with Gasteiger partial charge in [-0.3, -0.25) is 0 Å². The van der Waals surface area contributed by atoms with Gasteiger partial charge >= 0.3 is 0 Å². The van der Waals surface area contributed by atoms with Crippen molar-refractivity contribution in [2.45, 2.75) is 31.1 Å². The second kappa shape index (κ2) is 12.7. The molecular weight excluding hydrogens is 797 g/mol. The average Bonchev–Trinajstić information content (AvgIpc) is 4.19. The number of aromatic nitrogens is 1. The van der Waals surface area contributed by atoms with E-state index in [2.05, 4.69) is 112 Å². The molecule has 0 saturated carbocycles. The number of para-hydroxylation sites is 6. The molecule has 0 amide bonds. The van der Waals surface area contributed by atoms with Gasteiger partial charge in [0.2, 0.25) is 29.6 Å². The van der Waals surface area contributed by atoms with E-state index < -0.39 is 0 Å². The quantitative estimate of drug-likeness (QED) is 0.125. The maximum atomic E-state index is 7.09. The second-order valence-corrected chi connectivity index (χ2v) is 17.3.